The normalized spacial score (nSPS) is 32.6. The van der Waals surface area contributed by atoms with Crippen LogP contribution in [0.1, 0.15) is 55.4 Å². The first-order valence-corrected chi connectivity index (χ1v) is 14.5. The molecule has 2 rings (SSSR count). The summed E-state index contributed by atoms with van der Waals surface area (Å²) in [5.41, 5.74) is 0.987. The number of aliphatic hydroxyl groups is 1. The van der Waals surface area contributed by atoms with Gasteiger partial charge in [-0.05, 0) is 22.2 Å². The molecule has 1 N–H and O–H groups in total. The number of fused-ring (bicyclic) bond motifs is 1. The number of hydrogen-bond donors (Lipinski definition) is 1. The van der Waals surface area contributed by atoms with E-state index in [4.69, 9.17) is 22.4 Å². The van der Waals surface area contributed by atoms with Crippen LogP contribution in [0.3, 0.4) is 0 Å². The summed E-state index contributed by atoms with van der Waals surface area (Å²) in [6.45, 7) is 21.8. The number of ether oxygens (including phenoxy) is 2. The van der Waals surface area contributed by atoms with E-state index in [0.717, 1.165) is 0 Å². The zero-order valence-electron chi connectivity index (χ0n) is 18.8. The van der Waals surface area contributed by atoms with Crippen molar-refractivity contribution in [1.82, 2.24) is 0 Å². The van der Waals surface area contributed by atoms with Crippen LogP contribution < -0.4 is 0 Å². The molecule has 0 saturated carbocycles. The summed E-state index contributed by atoms with van der Waals surface area (Å²) < 4.78 is 32.3. The van der Waals surface area contributed by atoms with Gasteiger partial charge in [-0.3, -0.25) is 0 Å². The first-order chi connectivity index (χ1) is 13.0. The van der Waals surface area contributed by atoms with Crippen LogP contribution >= 0.6 is 0 Å². The minimum absolute atomic E-state index is 0.219. The molecule has 0 radical (unpaired) electrons. The van der Waals surface area contributed by atoms with Gasteiger partial charge in [0.05, 0.1) is 13.2 Å². The highest BCUT2D eigenvalue weighted by molar-refractivity contribution is 6.83. The molecule has 6 nitrogen and oxygen atoms in total. The standard InChI is InChI=1S/C20H40O6Si2/c1-10-11-22-19-18-17(24-20(19)21)12-23-27(13(2)3,14(4)5)26-28(25-18,15(6)7)16(8)9/h10,13-21H,1,11-12H2,2-9H3/t17-,18-,19+,20?/m1/s1. The lowest BCUT2D eigenvalue weighted by molar-refractivity contribution is -0.143. The first-order valence-electron chi connectivity index (χ1n) is 10.6. The molecule has 0 spiro atoms. The van der Waals surface area contributed by atoms with E-state index in [1.54, 1.807) is 6.08 Å². The van der Waals surface area contributed by atoms with Gasteiger partial charge in [-0.1, -0.05) is 61.5 Å². The highest BCUT2D eigenvalue weighted by Gasteiger charge is 2.61. The van der Waals surface area contributed by atoms with E-state index < -0.39 is 35.6 Å². The van der Waals surface area contributed by atoms with Gasteiger partial charge in [-0.15, -0.1) is 6.58 Å². The maximum absolute atomic E-state index is 10.5. The Kier molecular flexibility index (Phi) is 8.11. The van der Waals surface area contributed by atoms with Gasteiger partial charge >= 0.3 is 17.1 Å². The van der Waals surface area contributed by atoms with Crippen molar-refractivity contribution < 1.29 is 27.5 Å². The minimum Gasteiger partial charge on any atom is -0.414 e. The van der Waals surface area contributed by atoms with Crippen molar-refractivity contribution in [3.05, 3.63) is 12.7 Å². The fraction of sp³-hybridized carbons (Fsp3) is 0.900. The Morgan fingerprint density at radius 2 is 1.54 bits per heavy atom. The van der Waals surface area contributed by atoms with E-state index in [0.29, 0.717) is 13.2 Å². The molecular formula is C20H40O6Si2. The van der Waals surface area contributed by atoms with Crippen LogP contribution in [0, 0.1) is 0 Å². The Morgan fingerprint density at radius 1 is 1.00 bits per heavy atom. The monoisotopic (exact) mass is 432 g/mol. The summed E-state index contributed by atoms with van der Waals surface area (Å²) in [4.78, 5) is 0. The second kappa shape index (κ2) is 9.38. The molecule has 164 valence electrons. The second-order valence-electron chi connectivity index (χ2n) is 9.21. The van der Waals surface area contributed by atoms with Crippen LogP contribution in [-0.4, -0.2) is 60.0 Å². The summed E-state index contributed by atoms with van der Waals surface area (Å²) in [7, 11) is -5.33. The van der Waals surface area contributed by atoms with Gasteiger partial charge in [0.15, 0.2) is 6.29 Å². The molecule has 2 aliphatic rings. The third kappa shape index (κ3) is 4.34. The van der Waals surface area contributed by atoms with Crippen LogP contribution in [0.15, 0.2) is 12.7 Å². The molecule has 2 saturated heterocycles. The predicted molar refractivity (Wildman–Crippen MR) is 115 cm³/mol. The van der Waals surface area contributed by atoms with Crippen molar-refractivity contribution in [2.45, 2.75) is 102 Å². The Balaban J connectivity index is 2.51. The van der Waals surface area contributed by atoms with Gasteiger partial charge < -0.3 is 27.5 Å². The highest BCUT2D eigenvalue weighted by Crippen LogP contribution is 2.47. The van der Waals surface area contributed by atoms with Gasteiger partial charge in [0.2, 0.25) is 0 Å². The largest absolute Gasteiger partial charge is 0.414 e. The van der Waals surface area contributed by atoms with Crippen LogP contribution in [0.4, 0.5) is 0 Å². The molecule has 0 aliphatic carbocycles. The van der Waals surface area contributed by atoms with Crippen molar-refractivity contribution in [3.63, 3.8) is 0 Å². The molecule has 2 heterocycles. The molecule has 4 atom stereocenters. The SMILES string of the molecule is C=CCO[C@@H]1C(O)O[C@@H]2CO[Si](C(C)C)(C(C)C)O[Si](C(C)C)(C(C)C)O[C@@H]12. The van der Waals surface area contributed by atoms with E-state index in [9.17, 15) is 5.11 Å². The minimum atomic E-state index is -2.74. The number of rotatable bonds is 7. The zero-order valence-corrected chi connectivity index (χ0v) is 20.8. The third-order valence-electron chi connectivity index (χ3n) is 6.02. The maximum atomic E-state index is 10.5. The smallest absolute Gasteiger partial charge is 0.335 e. The Labute approximate surface area is 173 Å². The summed E-state index contributed by atoms with van der Waals surface area (Å²) in [6, 6.07) is 0. The van der Waals surface area contributed by atoms with E-state index >= 15 is 0 Å². The topological polar surface area (TPSA) is 66.4 Å². The molecule has 0 aromatic carbocycles. The maximum Gasteiger partial charge on any atom is 0.335 e. The fourth-order valence-electron chi connectivity index (χ4n) is 4.48. The van der Waals surface area contributed by atoms with E-state index in [-0.39, 0.29) is 28.3 Å². The van der Waals surface area contributed by atoms with E-state index in [2.05, 4.69) is 62.0 Å². The Morgan fingerprint density at radius 3 is 2.00 bits per heavy atom. The molecule has 0 aromatic rings. The highest BCUT2D eigenvalue weighted by atomic mass is 28.5. The third-order valence-corrected chi connectivity index (χ3v) is 16.3. The van der Waals surface area contributed by atoms with Crippen molar-refractivity contribution >= 4 is 17.1 Å². The fourth-order valence-corrected chi connectivity index (χ4v) is 15.7. The Bertz CT molecular complexity index is 509. The molecule has 2 aliphatic heterocycles. The lowest BCUT2D eigenvalue weighted by Crippen LogP contribution is -2.66. The summed E-state index contributed by atoms with van der Waals surface area (Å²) >= 11 is 0. The lowest BCUT2D eigenvalue weighted by Gasteiger charge is -2.51. The van der Waals surface area contributed by atoms with Gasteiger partial charge in [0, 0.05) is 0 Å². The molecule has 0 amide bonds. The summed E-state index contributed by atoms with van der Waals surface area (Å²) in [6.07, 6.45) is -0.745. The van der Waals surface area contributed by atoms with Crippen molar-refractivity contribution in [2.24, 2.45) is 0 Å². The molecule has 8 heteroatoms. The molecule has 2 fully saturated rings. The van der Waals surface area contributed by atoms with Gasteiger partial charge in [0.1, 0.15) is 18.3 Å². The van der Waals surface area contributed by atoms with Crippen molar-refractivity contribution in [2.75, 3.05) is 13.2 Å². The average Bonchev–Trinajstić information content (AvgIpc) is 2.86. The molecular weight excluding hydrogens is 392 g/mol. The van der Waals surface area contributed by atoms with E-state index in [1.165, 1.54) is 0 Å². The summed E-state index contributed by atoms with van der Waals surface area (Å²) in [5, 5.41) is 10.5. The quantitative estimate of drug-likeness (QED) is 0.480. The summed E-state index contributed by atoms with van der Waals surface area (Å²) in [5.74, 6) is 0. The zero-order chi connectivity index (χ0) is 21.3. The van der Waals surface area contributed by atoms with Crippen LogP contribution in [0.2, 0.25) is 22.2 Å². The molecule has 28 heavy (non-hydrogen) atoms. The average molecular weight is 433 g/mol. The van der Waals surface area contributed by atoms with Crippen LogP contribution in [-0.2, 0) is 22.4 Å². The van der Waals surface area contributed by atoms with Crippen LogP contribution in [0.5, 0.6) is 0 Å². The second-order valence-corrected chi connectivity index (χ2v) is 18.1. The molecule has 0 aromatic heterocycles. The Hall–Kier alpha value is -0.0662. The van der Waals surface area contributed by atoms with Crippen molar-refractivity contribution in [1.29, 1.82) is 0 Å². The van der Waals surface area contributed by atoms with E-state index in [1.807, 2.05) is 0 Å². The number of aliphatic hydroxyl groups excluding tert-OH is 1. The molecule has 0 bridgehead atoms. The lowest BCUT2D eigenvalue weighted by atomic mass is 10.1. The number of hydrogen-bond acceptors (Lipinski definition) is 6. The van der Waals surface area contributed by atoms with Crippen LogP contribution in [0.25, 0.3) is 0 Å². The first kappa shape index (κ1) is 24.2. The van der Waals surface area contributed by atoms with Crippen molar-refractivity contribution in [3.8, 4) is 0 Å². The predicted octanol–water partition coefficient (Wildman–Crippen LogP) is 4.23. The van der Waals surface area contributed by atoms with Gasteiger partial charge in [-0.2, -0.15) is 0 Å². The van der Waals surface area contributed by atoms with Gasteiger partial charge in [-0.25, -0.2) is 0 Å². The van der Waals surface area contributed by atoms with Gasteiger partial charge in [0.25, 0.3) is 0 Å². The molecule has 1 unspecified atom stereocenters.